The normalized spacial score (nSPS) is 15.5. The number of benzene rings is 1. The summed E-state index contributed by atoms with van der Waals surface area (Å²) in [5.74, 6) is 0.725. The Bertz CT molecular complexity index is 1470. The summed E-state index contributed by atoms with van der Waals surface area (Å²) in [7, 11) is 0. The van der Waals surface area contributed by atoms with E-state index in [-0.39, 0.29) is 11.7 Å². The first-order chi connectivity index (χ1) is 16.2. The van der Waals surface area contributed by atoms with Gasteiger partial charge in [0, 0.05) is 36.4 Å². The molecule has 1 atom stereocenters. The van der Waals surface area contributed by atoms with Crippen molar-refractivity contribution < 1.29 is 9.21 Å². The fourth-order valence-electron chi connectivity index (χ4n) is 4.20. The summed E-state index contributed by atoms with van der Waals surface area (Å²) in [5, 5.41) is 0.934. The maximum absolute atomic E-state index is 13.7. The lowest BCUT2D eigenvalue weighted by molar-refractivity contribution is 0.0651. The van der Waals surface area contributed by atoms with Gasteiger partial charge in [0.1, 0.15) is 11.7 Å². The third-order valence-electron chi connectivity index (χ3n) is 5.81. The lowest BCUT2D eigenvalue weighted by Crippen LogP contribution is -2.41. The summed E-state index contributed by atoms with van der Waals surface area (Å²) in [5.41, 5.74) is 3.61. The van der Waals surface area contributed by atoms with Crippen LogP contribution >= 0.6 is 0 Å². The third-order valence-corrected chi connectivity index (χ3v) is 5.81. The second-order valence-electron chi connectivity index (χ2n) is 7.85. The number of amides is 1. The Morgan fingerprint density at radius 3 is 2.85 bits per heavy atom. The van der Waals surface area contributed by atoms with Crippen LogP contribution in [-0.2, 0) is 6.42 Å². The van der Waals surface area contributed by atoms with Crippen LogP contribution < -0.4 is 0 Å². The molecular weight excluding hydrogens is 418 g/mol. The number of oxazole rings is 1. The molecule has 0 saturated heterocycles. The number of pyridine rings is 1. The SMILES string of the molecule is Cc1nc(-c2ccccn2)oc1C(=O)N1CCc2[nH]cnc2[C@H]1c1ncc2ccccc2n1. The van der Waals surface area contributed by atoms with Gasteiger partial charge in [0.2, 0.25) is 11.7 Å². The topological polar surface area (TPSA) is 114 Å². The number of aromatic amines is 1. The Morgan fingerprint density at radius 1 is 1.09 bits per heavy atom. The molecule has 5 heterocycles. The summed E-state index contributed by atoms with van der Waals surface area (Å²) in [6.45, 7) is 2.22. The minimum absolute atomic E-state index is 0.181. The fraction of sp³-hybridized carbons (Fsp3) is 0.167. The smallest absolute Gasteiger partial charge is 0.292 e. The Balaban J connectivity index is 1.43. The summed E-state index contributed by atoms with van der Waals surface area (Å²) >= 11 is 0. The monoisotopic (exact) mass is 437 g/mol. The zero-order valence-corrected chi connectivity index (χ0v) is 17.8. The second kappa shape index (κ2) is 7.63. The number of hydrogen-bond donors (Lipinski definition) is 1. The van der Waals surface area contributed by atoms with Gasteiger partial charge in [0.15, 0.2) is 5.82 Å². The molecule has 162 valence electrons. The number of aromatic nitrogens is 6. The van der Waals surface area contributed by atoms with Gasteiger partial charge in [-0.25, -0.2) is 19.9 Å². The number of carbonyl (C=O) groups excluding carboxylic acids is 1. The van der Waals surface area contributed by atoms with E-state index in [0.717, 1.165) is 22.3 Å². The Hall–Kier alpha value is -4.40. The van der Waals surface area contributed by atoms with Crippen LogP contribution in [-0.4, -0.2) is 47.3 Å². The molecule has 4 aromatic heterocycles. The van der Waals surface area contributed by atoms with E-state index >= 15 is 0 Å². The summed E-state index contributed by atoms with van der Waals surface area (Å²) in [6.07, 6.45) is 5.73. The minimum Gasteiger partial charge on any atom is -0.429 e. The Kier molecular flexibility index (Phi) is 4.46. The molecule has 0 spiro atoms. The molecule has 33 heavy (non-hydrogen) atoms. The predicted molar refractivity (Wildman–Crippen MR) is 119 cm³/mol. The largest absolute Gasteiger partial charge is 0.429 e. The number of hydrogen-bond acceptors (Lipinski definition) is 7. The van der Waals surface area contributed by atoms with E-state index in [4.69, 9.17) is 9.40 Å². The first kappa shape index (κ1) is 19.3. The van der Waals surface area contributed by atoms with Crippen molar-refractivity contribution in [2.75, 3.05) is 6.54 Å². The molecule has 0 saturated carbocycles. The van der Waals surface area contributed by atoms with Crippen molar-refractivity contribution in [1.82, 2.24) is 34.8 Å². The van der Waals surface area contributed by atoms with Gasteiger partial charge < -0.3 is 14.3 Å². The first-order valence-corrected chi connectivity index (χ1v) is 10.6. The van der Waals surface area contributed by atoms with Crippen LogP contribution in [0.4, 0.5) is 0 Å². The number of para-hydroxylation sites is 1. The standard InChI is InChI=1S/C24H19N7O2/c1-14-21(33-23(29-14)18-8-4-5-10-25-18)24(32)31-11-9-17-19(28-13-27-17)20(31)22-26-12-15-6-2-3-7-16(15)30-22/h2-8,10,12-13,20H,9,11H2,1H3,(H,27,28)/t20-/m0/s1. The average Bonchev–Trinajstić information content (AvgIpc) is 3.50. The molecule has 0 radical (unpaired) electrons. The second-order valence-corrected chi connectivity index (χ2v) is 7.85. The molecule has 9 nitrogen and oxygen atoms in total. The van der Waals surface area contributed by atoms with Crippen molar-refractivity contribution in [2.24, 2.45) is 0 Å². The van der Waals surface area contributed by atoms with E-state index in [2.05, 4.69) is 24.9 Å². The molecule has 1 aromatic carbocycles. The molecule has 5 aromatic rings. The van der Waals surface area contributed by atoms with Crippen molar-refractivity contribution in [3.05, 3.63) is 89.9 Å². The maximum Gasteiger partial charge on any atom is 0.292 e. The van der Waals surface area contributed by atoms with Gasteiger partial charge in [0.05, 0.1) is 23.2 Å². The van der Waals surface area contributed by atoms with Crippen LogP contribution in [0.15, 0.2) is 65.6 Å². The molecule has 0 aliphatic carbocycles. The first-order valence-electron chi connectivity index (χ1n) is 10.6. The molecule has 0 fully saturated rings. The number of carbonyl (C=O) groups is 1. The van der Waals surface area contributed by atoms with Crippen molar-refractivity contribution in [2.45, 2.75) is 19.4 Å². The van der Waals surface area contributed by atoms with Gasteiger partial charge in [-0.2, -0.15) is 0 Å². The number of fused-ring (bicyclic) bond motifs is 2. The molecule has 1 aliphatic rings. The number of aryl methyl sites for hydroxylation is 1. The zero-order valence-electron chi connectivity index (χ0n) is 17.8. The van der Waals surface area contributed by atoms with Gasteiger partial charge in [-0.1, -0.05) is 24.3 Å². The Labute approximate surface area is 188 Å². The summed E-state index contributed by atoms with van der Waals surface area (Å²) in [4.78, 5) is 41.2. The quantitative estimate of drug-likeness (QED) is 0.459. The van der Waals surface area contributed by atoms with E-state index in [1.165, 1.54) is 0 Å². The van der Waals surface area contributed by atoms with Gasteiger partial charge in [-0.3, -0.25) is 9.78 Å². The van der Waals surface area contributed by atoms with Crippen LogP contribution in [0.25, 0.3) is 22.5 Å². The van der Waals surface area contributed by atoms with Gasteiger partial charge >= 0.3 is 0 Å². The van der Waals surface area contributed by atoms with Crippen molar-refractivity contribution >= 4 is 16.8 Å². The molecule has 1 amide bonds. The van der Waals surface area contributed by atoms with Crippen LogP contribution in [0, 0.1) is 6.92 Å². The highest BCUT2D eigenvalue weighted by molar-refractivity contribution is 5.93. The molecule has 1 N–H and O–H groups in total. The van der Waals surface area contributed by atoms with E-state index in [1.54, 1.807) is 36.6 Å². The molecule has 0 bridgehead atoms. The highest BCUT2D eigenvalue weighted by atomic mass is 16.4. The third kappa shape index (κ3) is 3.25. The summed E-state index contributed by atoms with van der Waals surface area (Å²) < 4.78 is 5.91. The van der Waals surface area contributed by atoms with Gasteiger partial charge in [0.25, 0.3) is 5.91 Å². The van der Waals surface area contributed by atoms with Crippen molar-refractivity contribution in [3.8, 4) is 11.6 Å². The highest BCUT2D eigenvalue weighted by Crippen LogP contribution is 2.34. The van der Waals surface area contributed by atoms with Gasteiger partial charge in [-0.05, 0) is 25.1 Å². The lowest BCUT2D eigenvalue weighted by atomic mass is 10.0. The van der Waals surface area contributed by atoms with Crippen LogP contribution in [0.5, 0.6) is 0 Å². The fourth-order valence-corrected chi connectivity index (χ4v) is 4.20. The van der Waals surface area contributed by atoms with Gasteiger partial charge in [-0.15, -0.1) is 0 Å². The number of nitrogens with one attached hydrogen (secondary N) is 1. The lowest BCUT2D eigenvalue weighted by Gasteiger charge is -2.33. The Morgan fingerprint density at radius 2 is 1.97 bits per heavy atom. The molecule has 9 heteroatoms. The minimum atomic E-state index is -0.542. The van der Waals surface area contributed by atoms with E-state index in [1.807, 2.05) is 36.4 Å². The molecule has 6 rings (SSSR count). The number of imidazole rings is 1. The van der Waals surface area contributed by atoms with Crippen molar-refractivity contribution in [3.63, 3.8) is 0 Å². The highest BCUT2D eigenvalue weighted by Gasteiger charge is 2.38. The van der Waals surface area contributed by atoms with E-state index in [9.17, 15) is 4.79 Å². The van der Waals surface area contributed by atoms with Crippen LogP contribution in [0.1, 0.15) is 39.5 Å². The van der Waals surface area contributed by atoms with E-state index < -0.39 is 6.04 Å². The van der Waals surface area contributed by atoms with E-state index in [0.29, 0.717) is 36.1 Å². The zero-order chi connectivity index (χ0) is 22.4. The number of rotatable bonds is 3. The van der Waals surface area contributed by atoms with Crippen LogP contribution in [0.3, 0.4) is 0 Å². The number of nitrogens with zero attached hydrogens (tertiary/aromatic N) is 6. The molecule has 0 unspecified atom stereocenters. The molecule has 1 aliphatic heterocycles. The predicted octanol–water partition coefficient (Wildman–Crippen LogP) is 3.50. The maximum atomic E-state index is 13.7. The van der Waals surface area contributed by atoms with Crippen LogP contribution in [0.2, 0.25) is 0 Å². The summed E-state index contributed by atoms with van der Waals surface area (Å²) in [6, 6.07) is 12.7. The molecular formula is C24H19N7O2. The van der Waals surface area contributed by atoms with Crippen molar-refractivity contribution in [1.29, 1.82) is 0 Å². The average molecular weight is 437 g/mol. The number of H-pyrrole nitrogens is 1.